The molecule has 3 aromatic rings. The van der Waals surface area contributed by atoms with Crippen LogP contribution in [0.2, 0.25) is 10.0 Å². The molecule has 0 aliphatic rings. The molecule has 0 aliphatic heterocycles. The van der Waals surface area contributed by atoms with E-state index < -0.39 is 22.0 Å². The van der Waals surface area contributed by atoms with Crippen LogP contribution in [0, 0.1) is 0 Å². The number of carbonyl (C=O) groups excluding carboxylic acids is 1. The van der Waals surface area contributed by atoms with Gasteiger partial charge in [-0.05, 0) is 56.7 Å². The highest BCUT2D eigenvalue weighted by molar-refractivity contribution is 7.92. The Hall–Kier alpha value is -2.07. The number of fused-ring (bicyclic) bond motifs is 1. The molecule has 0 aliphatic carbocycles. The largest absolute Gasteiger partial charge is 0.324 e. The van der Waals surface area contributed by atoms with Gasteiger partial charge in [0, 0.05) is 16.8 Å². The predicted octanol–water partition coefficient (Wildman–Crippen LogP) is 5.13. The van der Waals surface area contributed by atoms with Gasteiger partial charge in [-0.3, -0.25) is 18.5 Å². The van der Waals surface area contributed by atoms with E-state index in [1.807, 2.05) is 13.8 Å². The molecule has 1 amide bonds. The van der Waals surface area contributed by atoms with E-state index in [9.17, 15) is 18.0 Å². The molecule has 0 spiro atoms. The summed E-state index contributed by atoms with van der Waals surface area (Å²) in [6, 6.07) is 8.56. The normalized spacial score (nSPS) is 12.8. The number of thiazole rings is 1. The van der Waals surface area contributed by atoms with Crippen LogP contribution in [-0.2, 0) is 14.8 Å². The summed E-state index contributed by atoms with van der Waals surface area (Å²) in [4.78, 5) is 25.4. The maximum absolute atomic E-state index is 13.2. The van der Waals surface area contributed by atoms with E-state index in [0.717, 1.165) is 32.1 Å². The van der Waals surface area contributed by atoms with Gasteiger partial charge in [0.1, 0.15) is 6.04 Å². The van der Waals surface area contributed by atoms with E-state index in [4.69, 9.17) is 23.2 Å². The van der Waals surface area contributed by atoms with E-state index in [2.05, 4.69) is 5.32 Å². The second-order valence-corrected chi connectivity index (χ2v) is 11.3. The third-order valence-electron chi connectivity index (χ3n) is 4.87. The summed E-state index contributed by atoms with van der Waals surface area (Å²) in [5, 5.41) is 3.23. The molecule has 1 aromatic heterocycles. The molecule has 0 saturated carbocycles. The van der Waals surface area contributed by atoms with Crippen molar-refractivity contribution in [2.24, 2.45) is 0 Å². The number of halogens is 2. The molecule has 0 bridgehead atoms. The first-order valence-corrected chi connectivity index (χ1v) is 13.3. The number of nitrogens with one attached hydrogen (secondary N) is 1. The van der Waals surface area contributed by atoms with Crippen molar-refractivity contribution in [1.29, 1.82) is 0 Å². The SMILES string of the molecule is CC[C@@H](C(=O)Nc1ccc2c(c1)sc(=O)n2C(C)C)N(c1cc(Cl)ccc1Cl)S(C)(=O)=O. The maximum atomic E-state index is 13.2. The zero-order valence-corrected chi connectivity index (χ0v) is 21.1. The van der Waals surface area contributed by atoms with E-state index in [-0.39, 0.29) is 28.0 Å². The molecule has 2 aromatic carbocycles. The molecule has 172 valence electrons. The minimum atomic E-state index is -3.87. The zero-order valence-electron chi connectivity index (χ0n) is 17.9. The molecule has 0 unspecified atom stereocenters. The standard InChI is InChI=1S/C21H23Cl2N3O4S2/c1-5-16(26(32(4,29)30)18-10-13(22)6-8-15(18)23)20(27)24-14-7-9-17-19(11-14)31-21(28)25(17)12(2)3/h6-12,16H,5H2,1-4H3,(H,24,27)/t16-/m0/s1. The fourth-order valence-electron chi connectivity index (χ4n) is 3.52. The van der Waals surface area contributed by atoms with Crippen LogP contribution in [0.25, 0.3) is 10.2 Å². The summed E-state index contributed by atoms with van der Waals surface area (Å²) in [6.45, 7) is 5.56. The predicted molar refractivity (Wildman–Crippen MR) is 133 cm³/mol. The molecule has 11 heteroatoms. The smallest absolute Gasteiger partial charge is 0.308 e. The maximum Gasteiger partial charge on any atom is 0.308 e. The van der Waals surface area contributed by atoms with Gasteiger partial charge < -0.3 is 5.32 Å². The first kappa shape index (κ1) is 24.6. The third-order valence-corrected chi connectivity index (χ3v) is 7.51. The number of rotatable bonds is 7. The number of anilines is 2. The second kappa shape index (κ2) is 9.43. The third kappa shape index (κ3) is 4.96. The molecular weight excluding hydrogens is 493 g/mol. The second-order valence-electron chi connectivity index (χ2n) is 7.58. The van der Waals surface area contributed by atoms with Gasteiger partial charge in [-0.15, -0.1) is 0 Å². The van der Waals surface area contributed by atoms with Gasteiger partial charge >= 0.3 is 4.87 Å². The molecule has 1 heterocycles. The van der Waals surface area contributed by atoms with Gasteiger partial charge in [0.2, 0.25) is 15.9 Å². The Kier molecular flexibility index (Phi) is 7.24. The van der Waals surface area contributed by atoms with Crippen LogP contribution in [-0.4, -0.2) is 31.2 Å². The molecule has 0 saturated heterocycles. The number of carbonyl (C=O) groups is 1. The van der Waals surface area contributed by atoms with Crippen molar-refractivity contribution >= 4 is 72.1 Å². The number of sulfonamides is 1. The van der Waals surface area contributed by atoms with Crippen molar-refractivity contribution < 1.29 is 13.2 Å². The van der Waals surface area contributed by atoms with Crippen LogP contribution < -0.4 is 14.5 Å². The molecule has 1 N–H and O–H groups in total. The molecule has 1 atom stereocenters. The number of amides is 1. The zero-order chi connectivity index (χ0) is 23.8. The fourth-order valence-corrected chi connectivity index (χ4v) is 6.21. The van der Waals surface area contributed by atoms with Gasteiger partial charge in [0.25, 0.3) is 0 Å². The summed E-state index contributed by atoms with van der Waals surface area (Å²) in [6.07, 6.45) is 1.21. The van der Waals surface area contributed by atoms with Crippen LogP contribution in [0.15, 0.2) is 41.2 Å². The fraction of sp³-hybridized carbons (Fsp3) is 0.333. The average Bonchev–Trinajstić information content (AvgIpc) is 3.02. The van der Waals surface area contributed by atoms with Crippen molar-refractivity contribution in [2.75, 3.05) is 15.9 Å². The van der Waals surface area contributed by atoms with Gasteiger partial charge in [-0.25, -0.2) is 8.42 Å². The number of hydrogen-bond donors (Lipinski definition) is 1. The Balaban J connectivity index is 1.98. The summed E-state index contributed by atoms with van der Waals surface area (Å²) < 4.78 is 28.7. The molecule has 0 radical (unpaired) electrons. The van der Waals surface area contributed by atoms with Crippen LogP contribution in [0.3, 0.4) is 0 Å². The van der Waals surface area contributed by atoms with E-state index in [1.165, 1.54) is 12.1 Å². The number of aromatic nitrogens is 1. The number of nitrogens with zero attached hydrogens (tertiary/aromatic N) is 2. The Morgan fingerprint density at radius 1 is 1.19 bits per heavy atom. The topological polar surface area (TPSA) is 88.5 Å². The lowest BCUT2D eigenvalue weighted by Crippen LogP contribution is -2.47. The molecular formula is C21H23Cl2N3O4S2. The molecule has 3 rings (SSSR count). The minimum Gasteiger partial charge on any atom is -0.324 e. The first-order valence-electron chi connectivity index (χ1n) is 9.84. The van der Waals surface area contributed by atoms with Crippen molar-refractivity contribution in [3.05, 3.63) is 56.1 Å². The minimum absolute atomic E-state index is 0.00641. The summed E-state index contributed by atoms with van der Waals surface area (Å²) >= 11 is 13.4. The number of hydrogen-bond acceptors (Lipinski definition) is 5. The Morgan fingerprint density at radius 3 is 2.47 bits per heavy atom. The highest BCUT2D eigenvalue weighted by Gasteiger charge is 2.33. The van der Waals surface area contributed by atoms with Gasteiger partial charge in [-0.1, -0.05) is 41.5 Å². The van der Waals surface area contributed by atoms with E-state index >= 15 is 0 Å². The summed E-state index contributed by atoms with van der Waals surface area (Å²) in [5.74, 6) is -0.524. The lowest BCUT2D eigenvalue weighted by molar-refractivity contribution is -0.117. The first-order chi connectivity index (χ1) is 14.9. The molecule has 32 heavy (non-hydrogen) atoms. The van der Waals surface area contributed by atoms with Crippen LogP contribution >= 0.6 is 34.5 Å². The van der Waals surface area contributed by atoms with E-state index in [0.29, 0.717) is 10.7 Å². The van der Waals surface area contributed by atoms with Crippen LogP contribution in [0.1, 0.15) is 33.2 Å². The highest BCUT2D eigenvalue weighted by atomic mass is 35.5. The highest BCUT2D eigenvalue weighted by Crippen LogP contribution is 2.33. The Labute approximate surface area is 200 Å². The van der Waals surface area contributed by atoms with Crippen molar-refractivity contribution in [2.45, 2.75) is 39.3 Å². The number of benzene rings is 2. The van der Waals surface area contributed by atoms with Gasteiger partial charge in [0.05, 0.1) is 27.2 Å². The monoisotopic (exact) mass is 515 g/mol. The lowest BCUT2D eigenvalue weighted by atomic mass is 10.1. The summed E-state index contributed by atoms with van der Waals surface area (Å²) in [7, 11) is -3.87. The van der Waals surface area contributed by atoms with Crippen molar-refractivity contribution in [1.82, 2.24) is 4.57 Å². The lowest BCUT2D eigenvalue weighted by Gasteiger charge is -2.30. The van der Waals surface area contributed by atoms with Crippen molar-refractivity contribution in [3.8, 4) is 0 Å². The summed E-state index contributed by atoms with van der Waals surface area (Å²) in [5.41, 5.74) is 1.37. The molecule has 7 nitrogen and oxygen atoms in total. The Morgan fingerprint density at radius 2 is 1.88 bits per heavy atom. The van der Waals surface area contributed by atoms with Gasteiger partial charge in [-0.2, -0.15) is 0 Å². The molecule has 0 fully saturated rings. The van der Waals surface area contributed by atoms with Crippen LogP contribution in [0.4, 0.5) is 11.4 Å². The van der Waals surface area contributed by atoms with Crippen LogP contribution in [0.5, 0.6) is 0 Å². The quantitative estimate of drug-likeness (QED) is 0.472. The Bertz CT molecular complexity index is 1330. The van der Waals surface area contributed by atoms with Gasteiger partial charge in [0.15, 0.2) is 0 Å². The van der Waals surface area contributed by atoms with Crippen molar-refractivity contribution in [3.63, 3.8) is 0 Å². The average molecular weight is 516 g/mol. The van der Waals surface area contributed by atoms with E-state index in [1.54, 1.807) is 35.8 Å².